The Kier molecular flexibility index (Phi) is 9.70. The average Bonchev–Trinajstić information content (AvgIpc) is 2.77. The van der Waals surface area contributed by atoms with E-state index in [1.807, 2.05) is 24.3 Å². The van der Waals surface area contributed by atoms with Gasteiger partial charge in [0.15, 0.2) is 0 Å². The molecule has 0 unspecified atom stereocenters. The summed E-state index contributed by atoms with van der Waals surface area (Å²) in [5.74, 6) is 4.69. The summed E-state index contributed by atoms with van der Waals surface area (Å²) in [6.07, 6.45) is 18.7. The van der Waals surface area contributed by atoms with Crippen molar-refractivity contribution in [2.45, 2.75) is 90.4 Å². The second-order valence-electron chi connectivity index (χ2n) is 9.42. The molecule has 1 aromatic rings. The molecule has 0 aliphatic heterocycles. The van der Waals surface area contributed by atoms with Crippen molar-refractivity contribution in [1.29, 1.82) is 0 Å². The van der Waals surface area contributed by atoms with Gasteiger partial charge in [-0.25, -0.2) is 0 Å². The zero-order valence-corrected chi connectivity index (χ0v) is 19.1. The average molecular weight is 414 g/mol. The number of benzene rings is 1. The number of aliphatic imine (C=N–C) groups is 1. The third-order valence-electron chi connectivity index (χ3n) is 7.41. The maximum Gasteiger partial charge on any atom is 0.119 e. The molecular formula is C26H39NOS. The van der Waals surface area contributed by atoms with E-state index in [1.165, 1.54) is 83.5 Å². The summed E-state index contributed by atoms with van der Waals surface area (Å²) in [5.41, 5.74) is 0.837. The summed E-state index contributed by atoms with van der Waals surface area (Å²) in [7, 11) is 0. The standard InChI is InChI=1S/C26H39NOS/c1-2-3-4-5-6-21-7-11-23(12-8-21)24-13-9-22(10-14-24)19-28-26-17-15-25(16-18-26)27-20-29/h15-18,21-24H,2-14,19H2,1H3. The Morgan fingerprint density at radius 3 is 2.07 bits per heavy atom. The Morgan fingerprint density at radius 1 is 0.862 bits per heavy atom. The maximum absolute atomic E-state index is 6.04. The van der Waals surface area contributed by atoms with E-state index in [4.69, 9.17) is 4.74 Å². The highest BCUT2D eigenvalue weighted by molar-refractivity contribution is 7.78. The minimum absolute atomic E-state index is 0.722. The number of thiocarbonyl (C=S) groups is 1. The summed E-state index contributed by atoms with van der Waals surface area (Å²) in [6.45, 7) is 3.16. The Labute approximate surface area is 183 Å². The van der Waals surface area contributed by atoms with Gasteiger partial charge in [-0.05, 0) is 98.7 Å². The van der Waals surface area contributed by atoms with Crippen LogP contribution in [-0.4, -0.2) is 11.8 Å². The molecule has 3 heteroatoms. The van der Waals surface area contributed by atoms with Crippen molar-refractivity contribution < 1.29 is 4.74 Å². The fourth-order valence-electron chi connectivity index (χ4n) is 5.52. The molecule has 0 spiro atoms. The van der Waals surface area contributed by atoms with E-state index in [0.29, 0.717) is 0 Å². The van der Waals surface area contributed by atoms with Gasteiger partial charge in [-0.3, -0.25) is 0 Å². The van der Waals surface area contributed by atoms with Crippen LogP contribution in [0.4, 0.5) is 5.69 Å². The molecule has 0 aromatic heterocycles. The van der Waals surface area contributed by atoms with Crippen molar-refractivity contribution >= 4 is 23.1 Å². The number of rotatable bonds is 10. The number of unbranched alkanes of at least 4 members (excludes halogenated alkanes) is 3. The van der Waals surface area contributed by atoms with Crippen molar-refractivity contribution in [3.8, 4) is 5.75 Å². The van der Waals surface area contributed by atoms with Crippen molar-refractivity contribution in [2.75, 3.05) is 6.61 Å². The molecule has 0 atom stereocenters. The quantitative estimate of drug-likeness (QED) is 0.218. The van der Waals surface area contributed by atoms with Crippen molar-refractivity contribution in [1.82, 2.24) is 0 Å². The summed E-state index contributed by atoms with van der Waals surface area (Å²) >= 11 is 4.64. The first kappa shape index (κ1) is 22.5. The number of nitrogens with zero attached hydrogens (tertiary/aromatic N) is 1. The summed E-state index contributed by atoms with van der Waals surface area (Å²) < 4.78 is 6.04. The largest absolute Gasteiger partial charge is 0.493 e. The third kappa shape index (κ3) is 7.54. The van der Waals surface area contributed by atoms with Crippen LogP contribution in [0.25, 0.3) is 0 Å². The molecule has 2 saturated carbocycles. The number of hydrogen-bond acceptors (Lipinski definition) is 3. The van der Waals surface area contributed by atoms with Gasteiger partial charge in [0.25, 0.3) is 0 Å². The zero-order valence-electron chi connectivity index (χ0n) is 18.3. The highest BCUT2D eigenvalue weighted by Gasteiger charge is 2.30. The minimum Gasteiger partial charge on any atom is -0.493 e. The molecule has 2 nitrogen and oxygen atoms in total. The monoisotopic (exact) mass is 413 g/mol. The van der Waals surface area contributed by atoms with E-state index in [0.717, 1.165) is 41.7 Å². The van der Waals surface area contributed by atoms with E-state index < -0.39 is 0 Å². The molecule has 29 heavy (non-hydrogen) atoms. The molecule has 1 aromatic carbocycles. The third-order valence-corrected chi connectivity index (χ3v) is 7.50. The molecule has 0 N–H and O–H groups in total. The van der Waals surface area contributed by atoms with Crippen LogP contribution < -0.4 is 4.74 Å². The molecule has 160 valence electrons. The maximum atomic E-state index is 6.04. The topological polar surface area (TPSA) is 21.6 Å². The fourth-order valence-corrected chi connectivity index (χ4v) is 5.62. The SMILES string of the molecule is CCCCCCC1CCC(C2CCC(COc3ccc(N=C=S)cc3)CC2)CC1. The smallest absolute Gasteiger partial charge is 0.119 e. The van der Waals surface area contributed by atoms with Gasteiger partial charge in [0.05, 0.1) is 17.5 Å². The summed E-state index contributed by atoms with van der Waals surface area (Å²) in [5, 5.41) is 2.40. The van der Waals surface area contributed by atoms with E-state index in [1.54, 1.807) is 0 Å². The number of ether oxygens (including phenoxy) is 1. The Morgan fingerprint density at radius 2 is 1.48 bits per heavy atom. The number of hydrogen-bond donors (Lipinski definition) is 0. The predicted molar refractivity (Wildman–Crippen MR) is 126 cm³/mol. The van der Waals surface area contributed by atoms with Gasteiger partial charge in [0.1, 0.15) is 5.75 Å². The lowest BCUT2D eigenvalue weighted by molar-refractivity contribution is 0.121. The highest BCUT2D eigenvalue weighted by atomic mass is 32.1. The summed E-state index contributed by atoms with van der Waals surface area (Å²) in [4.78, 5) is 3.99. The van der Waals surface area contributed by atoms with Crippen LogP contribution >= 0.6 is 12.2 Å². The lowest BCUT2D eigenvalue weighted by atomic mass is 9.69. The van der Waals surface area contributed by atoms with Gasteiger partial charge in [0, 0.05) is 0 Å². The van der Waals surface area contributed by atoms with Gasteiger partial charge in [0.2, 0.25) is 0 Å². The van der Waals surface area contributed by atoms with Crippen molar-refractivity contribution in [3.05, 3.63) is 24.3 Å². The Hall–Kier alpha value is -1.18. The first-order valence-electron chi connectivity index (χ1n) is 12.1. The van der Waals surface area contributed by atoms with E-state index in [-0.39, 0.29) is 0 Å². The predicted octanol–water partition coefficient (Wildman–Crippen LogP) is 8.38. The molecular weight excluding hydrogens is 374 g/mol. The van der Waals surface area contributed by atoms with Crippen LogP contribution in [0.15, 0.2) is 29.3 Å². The van der Waals surface area contributed by atoms with Crippen LogP contribution in [0.1, 0.15) is 90.4 Å². The van der Waals surface area contributed by atoms with Gasteiger partial charge in [-0.15, -0.1) is 0 Å². The molecule has 0 bridgehead atoms. The van der Waals surface area contributed by atoms with Crippen LogP contribution in [0, 0.1) is 23.7 Å². The molecule has 0 radical (unpaired) electrons. The van der Waals surface area contributed by atoms with Crippen LogP contribution in [0.3, 0.4) is 0 Å². The summed E-state index contributed by atoms with van der Waals surface area (Å²) in [6, 6.07) is 7.84. The molecule has 2 aliphatic carbocycles. The van der Waals surface area contributed by atoms with E-state index in [9.17, 15) is 0 Å². The lowest BCUT2D eigenvalue weighted by Crippen LogP contribution is -2.27. The van der Waals surface area contributed by atoms with Gasteiger partial charge in [-0.1, -0.05) is 51.9 Å². The molecule has 0 saturated heterocycles. The van der Waals surface area contributed by atoms with E-state index >= 15 is 0 Å². The molecule has 2 fully saturated rings. The fraction of sp³-hybridized carbons (Fsp3) is 0.731. The Balaban J connectivity index is 1.31. The van der Waals surface area contributed by atoms with Crippen molar-refractivity contribution in [3.63, 3.8) is 0 Å². The molecule has 2 aliphatic rings. The number of isothiocyanates is 1. The second-order valence-corrected chi connectivity index (χ2v) is 9.60. The normalized spacial score (nSPS) is 27.2. The van der Waals surface area contributed by atoms with Gasteiger partial charge >= 0.3 is 0 Å². The second kappa shape index (κ2) is 12.5. The first-order chi connectivity index (χ1) is 14.3. The van der Waals surface area contributed by atoms with Crippen LogP contribution in [-0.2, 0) is 0 Å². The van der Waals surface area contributed by atoms with Crippen LogP contribution in [0.2, 0.25) is 0 Å². The highest BCUT2D eigenvalue weighted by Crippen LogP contribution is 2.42. The lowest BCUT2D eigenvalue weighted by Gasteiger charge is -2.38. The zero-order chi connectivity index (χ0) is 20.3. The van der Waals surface area contributed by atoms with Gasteiger partial charge in [-0.2, -0.15) is 4.99 Å². The molecule has 0 amide bonds. The first-order valence-corrected chi connectivity index (χ1v) is 12.5. The molecule has 0 heterocycles. The van der Waals surface area contributed by atoms with Gasteiger partial charge < -0.3 is 4.74 Å². The van der Waals surface area contributed by atoms with Crippen LogP contribution in [0.5, 0.6) is 5.75 Å². The Bertz CT molecular complexity index is 621. The van der Waals surface area contributed by atoms with Crippen molar-refractivity contribution in [2.24, 2.45) is 28.7 Å². The minimum atomic E-state index is 0.722. The molecule has 3 rings (SSSR count). The van der Waals surface area contributed by atoms with E-state index in [2.05, 4.69) is 29.3 Å².